The quantitative estimate of drug-likeness (QED) is 0.896. The molecule has 1 aliphatic carbocycles. The molecule has 0 atom stereocenters. The Bertz CT molecular complexity index is 373. The second-order valence-electron chi connectivity index (χ2n) is 3.80. The molecule has 0 aromatic carbocycles. The SMILES string of the molecule is O=C(O)C1(NCc2ccc(Br)s2)CCC1. The minimum absolute atomic E-state index is 0.641. The smallest absolute Gasteiger partial charge is 0.323 e. The van der Waals surface area contributed by atoms with Gasteiger partial charge in [0, 0.05) is 11.4 Å². The maximum absolute atomic E-state index is 11.1. The highest BCUT2D eigenvalue weighted by Crippen LogP contribution is 2.33. The predicted molar refractivity (Wildman–Crippen MR) is 63.1 cm³/mol. The lowest BCUT2D eigenvalue weighted by Crippen LogP contribution is -2.56. The van der Waals surface area contributed by atoms with Crippen molar-refractivity contribution in [3.8, 4) is 0 Å². The van der Waals surface area contributed by atoms with Crippen molar-refractivity contribution in [1.29, 1.82) is 0 Å². The fourth-order valence-electron chi connectivity index (χ4n) is 1.70. The molecule has 0 aliphatic heterocycles. The lowest BCUT2D eigenvalue weighted by molar-refractivity contribution is -0.148. The Morgan fingerprint density at radius 1 is 1.60 bits per heavy atom. The summed E-state index contributed by atoms with van der Waals surface area (Å²) in [6.07, 6.45) is 2.50. The molecular formula is C10H12BrNO2S. The van der Waals surface area contributed by atoms with Crippen LogP contribution in [0.25, 0.3) is 0 Å². The van der Waals surface area contributed by atoms with E-state index in [0.29, 0.717) is 6.54 Å². The summed E-state index contributed by atoms with van der Waals surface area (Å²) in [4.78, 5) is 12.2. The van der Waals surface area contributed by atoms with Crippen molar-refractivity contribution in [1.82, 2.24) is 5.32 Å². The van der Waals surface area contributed by atoms with E-state index in [-0.39, 0.29) is 0 Å². The number of rotatable bonds is 4. The van der Waals surface area contributed by atoms with E-state index in [1.807, 2.05) is 12.1 Å². The Hall–Kier alpha value is -0.390. The number of carbonyl (C=O) groups is 1. The number of thiophene rings is 1. The fourth-order valence-corrected chi connectivity index (χ4v) is 3.12. The van der Waals surface area contributed by atoms with Crippen molar-refractivity contribution in [2.75, 3.05) is 0 Å². The van der Waals surface area contributed by atoms with Crippen LogP contribution in [0.3, 0.4) is 0 Å². The average molecular weight is 290 g/mol. The van der Waals surface area contributed by atoms with Crippen LogP contribution < -0.4 is 5.32 Å². The highest BCUT2D eigenvalue weighted by molar-refractivity contribution is 9.11. The van der Waals surface area contributed by atoms with Gasteiger partial charge in [-0.15, -0.1) is 11.3 Å². The van der Waals surface area contributed by atoms with E-state index in [1.165, 1.54) is 0 Å². The number of aliphatic carboxylic acids is 1. The van der Waals surface area contributed by atoms with Crippen molar-refractivity contribution in [3.63, 3.8) is 0 Å². The maximum atomic E-state index is 11.1. The molecule has 1 fully saturated rings. The number of halogens is 1. The molecule has 0 radical (unpaired) electrons. The van der Waals surface area contributed by atoms with Gasteiger partial charge in [-0.1, -0.05) is 0 Å². The van der Waals surface area contributed by atoms with Gasteiger partial charge in [-0.2, -0.15) is 0 Å². The van der Waals surface area contributed by atoms with Crippen molar-refractivity contribution in [3.05, 3.63) is 20.8 Å². The lowest BCUT2D eigenvalue weighted by atomic mass is 9.77. The predicted octanol–water partition coefficient (Wildman–Crippen LogP) is 2.61. The van der Waals surface area contributed by atoms with Crippen LogP contribution >= 0.6 is 27.3 Å². The summed E-state index contributed by atoms with van der Waals surface area (Å²) in [6.45, 7) is 0.641. The Balaban J connectivity index is 1.95. The zero-order valence-corrected chi connectivity index (χ0v) is 10.5. The van der Waals surface area contributed by atoms with Gasteiger partial charge in [0.2, 0.25) is 0 Å². The van der Waals surface area contributed by atoms with E-state index in [4.69, 9.17) is 5.11 Å². The molecule has 82 valence electrons. The van der Waals surface area contributed by atoms with E-state index in [0.717, 1.165) is 27.9 Å². The standard InChI is InChI=1S/C10H12BrNO2S/c11-8-3-2-7(15-8)6-12-10(9(13)14)4-1-5-10/h2-3,12H,1,4-6H2,(H,13,14). The highest BCUT2D eigenvalue weighted by atomic mass is 79.9. The van der Waals surface area contributed by atoms with Crippen LogP contribution in [0, 0.1) is 0 Å². The Morgan fingerprint density at radius 2 is 2.33 bits per heavy atom. The van der Waals surface area contributed by atoms with Gasteiger partial charge in [0.1, 0.15) is 5.54 Å². The molecule has 1 saturated carbocycles. The van der Waals surface area contributed by atoms with Gasteiger partial charge in [0.15, 0.2) is 0 Å². The van der Waals surface area contributed by atoms with Crippen molar-refractivity contribution >= 4 is 33.2 Å². The molecule has 2 rings (SSSR count). The summed E-state index contributed by atoms with van der Waals surface area (Å²) in [6, 6.07) is 3.99. The summed E-state index contributed by atoms with van der Waals surface area (Å²) >= 11 is 5.02. The molecule has 0 saturated heterocycles. The molecule has 15 heavy (non-hydrogen) atoms. The molecule has 1 aromatic heterocycles. The van der Waals surface area contributed by atoms with Crippen LogP contribution in [0.4, 0.5) is 0 Å². The normalized spacial score (nSPS) is 18.5. The highest BCUT2D eigenvalue weighted by Gasteiger charge is 2.43. The molecule has 3 nitrogen and oxygen atoms in total. The summed E-state index contributed by atoms with van der Waals surface area (Å²) < 4.78 is 1.08. The summed E-state index contributed by atoms with van der Waals surface area (Å²) in [5.74, 6) is -0.718. The fraction of sp³-hybridized carbons (Fsp3) is 0.500. The third-order valence-electron chi connectivity index (χ3n) is 2.85. The van der Waals surface area contributed by atoms with E-state index in [9.17, 15) is 4.79 Å². The number of carboxylic acids is 1. The van der Waals surface area contributed by atoms with Gasteiger partial charge in [-0.25, -0.2) is 0 Å². The van der Waals surface area contributed by atoms with E-state index < -0.39 is 11.5 Å². The molecule has 0 bridgehead atoms. The summed E-state index contributed by atoms with van der Waals surface area (Å²) in [5, 5.41) is 12.3. The van der Waals surface area contributed by atoms with E-state index >= 15 is 0 Å². The molecule has 1 aromatic rings. The minimum Gasteiger partial charge on any atom is -0.480 e. The Kier molecular flexibility index (Phi) is 3.13. The van der Waals surface area contributed by atoms with E-state index in [2.05, 4.69) is 21.2 Å². The van der Waals surface area contributed by atoms with Gasteiger partial charge in [-0.05, 0) is 47.3 Å². The zero-order valence-electron chi connectivity index (χ0n) is 8.12. The molecule has 1 heterocycles. The first kappa shape index (κ1) is 11.1. The van der Waals surface area contributed by atoms with Crippen LogP contribution in [0.15, 0.2) is 15.9 Å². The Labute approximate surface area is 101 Å². The topological polar surface area (TPSA) is 49.3 Å². The average Bonchev–Trinajstić information content (AvgIpc) is 2.49. The van der Waals surface area contributed by atoms with Crippen LogP contribution in [0.5, 0.6) is 0 Å². The third-order valence-corrected chi connectivity index (χ3v) is 4.47. The first-order valence-corrected chi connectivity index (χ1v) is 6.46. The van der Waals surface area contributed by atoms with Crippen LogP contribution in [0.1, 0.15) is 24.1 Å². The van der Waals surface area contributed by atoms with Crippen LogP contribution in [0.2, 0.25) is 0 Å². The summed E-state index contributed by atoms with van der Waals surface area (Å²) in [5.41, 5.74) is -0.656. The third kappa shape index (κ3) is 2.24. The van der Waals surface area contributed by atoms with Crippen molar-refractivity contribution < 1.29 is 9.90 Å². The molecule has 0 amide bonds. The monoisotopic (exact) mass is 289 g/mol. The van der Waals surface area contributed by atoms with Crippen LogP contribution in [-0.2, 0) is 11.3 Å². The molecule has 5 heteroatoms. The van der Waals surface area contributed by atoms with Gasteiger partial charge >= 0.3 is 5.97 Å². The van der Waals surface area contributed by atoms with Gasteiger partial charge in [0.05, 0.1) is 3.79 Å². The minimum atomic E-state index is -0.718. The molecule has 0 unspecified atom stereocenters. The van der Waals surface area contributed by atoms with E-state index in [1.54, 1.807) is 11.3 Å². The van der Waals surface area contributed by atoms with Crippen molar-refractivity contribution in [2.45, 2.75) is 31.3 Å². The molecule has 1 aliphatic rings. The zero-order chi connectivity index (χ0) is 10.9. The second kappa shape index (κ2) is 4.23. The number of hydrogen-bond acceptors (Lipinski definition) is 3. The Morgan fingerprint density at radius 3 is 2.73 bits per heavy atom. The largest absolute Gasteiger partial charge is 0.480 e. The number of hydrogen-bond donors (Lipinski definition) is 2. The summed E-state index contributed by atoms with van der Waals surface area (Å²) in [7, 11) is 0. The van der Waals surface area contributed by atoms with Crippen LogP contribution in [-0.4, -0.2) is 16.6 Å². The maximum Gasteiger partial charge on any atom is 0.323 e. The first-order chi connectivity index (χ1) is 7.12. The molecule has 0 spiro atoms. The molecule has 2 N–H and O–H groups in total. The number of nitrogens with one attached hydrogen (secondary N) is 1. The second-order valence-corrected chi connectivity index (χ2v) is 6.35. The van der Waals surface area contributed by atoms with Gasteiger partial charge < -0.3 is 5.11 Å². The van der Waals surface area contributed by atoms with Crippen molar-refractivity contribution in [2.24, 2.45) is 0 Å². The van der Waals surface area contributed by atoms with Gasteiger partial charge in [0.25, 0.3) is 0 Å². The first-order valence-electron chi connectivity index (χ1n) is 4.85. The molecular weight excluding hydrogens is 278 g/mol. The van der Waals surface area contributed by atoms with Gasteiger partial charge in [-0.3, -0.25) is 10.1 Å². The lowest BCUT2D eigenvalue weighted by Gasteiger charge is -2.38. The number of carboxylic acid groups (broad SMARTS) is 1.